The second kappa shape index (κ2) is 4.88. The summed E-state index contributed by atoms with van der Waals surface area (Å²) in [4.78, 5) is 14.0. The normalized spacial score (nSPS) is 18.6. The first kappa shape index (κ1) is 12.1. The lowest BCUT2D eigenvalue weighted by molar-refractivity contribution is -0.119. The van der Waals surface area contributed by atoms with Crippen molar-refractivity contribution in [2.45, 2.75) is 39.2 Å². The van der Waals surface area contributed by atoms with Crippen molar-refractivity contribution in [2.24, 2.45) is 5.73 Å². The van der Waals surface area contributed by atoms with Crippen LogP contribution in [0.5, 0.6) is 0 Å². The van der Waals surface area contributed by atoms with Crippen molar-refractivity contribution in [1.82, 2.24) is 0 Å². The van der Waals surface area contributed by atoms with Crippen LogP contribution in [0.2, 0.25) is 0 Å². The number of nitrogens with zero attached hydrogens (tertiary/aromatic N) is 1. The second-order valence-corrected chi connectivity index (χ2v) is 4.69. The maximum absolute atomic E-state index is 12.1. The van der Waals surface area contributed by atoms with Gasteiger partial charge in [0.2, 0.25) is 5.91 Å². The van der Waals surface area contributed by atoms with E-state index >= 15 is 0 Å². The molecule has 0 aromatic heterocycles. The molecule has 0 saturated carbocycles. The summed E-state index contributed by atoms with van der Waals surface area (Å²) in [6.45, 7) is 4.99. The van der Waals surface area contributed by atoms with Crippen molar-refractivity contribution in [2.75, 3.05) is 11.4 Å². The van der Waals surface area contributed by atoms with E-state index in [1.165, 1.54) is 0 Å². The quantitative estimate of drug-likeness (QED) is 0.811. The molecule has 3 nitrogen and oxygen atoms in total. The van der Waals surface area contributed by atoms with E-state index < -0.39 is 6.04 Å². The minimum atomic E-state index is -0.466. The van der Waals surface area contributed by atoms with Gasteiger partial charge in [-0.15, -0.1) is 0 Å². The highest BCUT2D eigenvalue weighted by Crippen LogP contribution is 2.37. The van der Waals surface area contributed by atoms with Crippen LogP contribution in [-0.4, -0.2) is 12.5 Å². The molecule has 0 radical (unpaired) electrons. The van der Waals surface area contributed by atoms with E-state index in [4.69, 9.17) is 5.73 Å². The summed E-state index contributed by atoms with van der Waals surface area (Å²) < 4.78 is 0. The fourth-order valence-corrected chi connectivity index (χ4v) is 2.45. The average molecular weight is 232 g/mol. The molecule has 1 unspecified atom stereocenters. The summed E-state index contributed by atoms with van der Waals surface area (Å²) in [6.07, 6.45) is 3.36. The van der Waals surface area contributed by atoms with E-state index in [2.05, 4.69) is 6.92 Å². The largest absolute Gasteiger partial charge is 0.316 e. The Labute approximate surface area is 103 Å². The molecule has 0 bridgehead atoms. The van der Waals surface area contributed by atoms with Gasteiger partial charge in [-0.3, -0.25) is 4.79 Å². The number of fused-ring (bicyclic) bond motifs is 1. The number of aryl methyl sites for hydroxylation is 1. The fraction of sp³-hybridized carbons (Fsp3) is 0.500. The maximum atomic E-state index is 12.1. The lowest BCUT2D eigenvalue weighted by atomic mass is 10.1. The molecule has 1 aliphatic rings. The molecule has 1 aromatic rings. The number of para-hydroxylation sites is 1. The number of carbonyl (C=O) groups excluding carboxylic acids is 1. The molecule has 3 heteroatoms. The van der Waals surface area contributed by atoms with Gasteiger partial charge in [0, 0.05) is 12.1 Å². The molecule has 17 heavy (non-hydrogen) atoms. The van der Waals surface area contributed by atoms with Crippen LogP contribution in [-0.2, 0) is 4.79 Å². The summed E-state index contributed by atoms with van der Waals surface area (Å²) in [5, 5.41) is 0. The van der Waals surface area contributed by atoms with Crippen LogP contribution in [0.15, 0.2) is 18.2 Å². The molecular weight excluding hydrogens is 212 g/mol. The standard InChI is InChI=1S/C14H20N2O/c1-3-4-5-9-16-13-10(2)7-6-8-11(13)12(15)14(16)17/h6-8,12H,3-5,9,15H2,1-2H3. The topological polar surface area (TPSA) is 46.3 Å². The third kappa shape index (κ3) is 2.07. The van der Waals surface area contributed by atoms with Crippen molar-refractivity contribution >= 4 is 11.6 Å². The molecule has 0 spiro atoms. The lowest BCUT2D eigenvalue weighted by Crippen LogP contribution is -2.32. The Morgan fingerprint density at radius 1 is 1.35 bits per heavy atom. The van der Waals surface area contributed by atoms with Crippen LogP contribution in [0.25, 0.3) is 0 Å². The molecule has 0 aliphatic carbocycles. The number of benzene rings is 1. The van der Waals surface area contributed by atoms with Crippen LogP contribution < -0.4 is 10.6 Å². The number of carbonyl (C=O) groups is 1. The minimum absolute atomic E-state index is 0.0467. The fourth-order valence-electron chi connectivity index (χ4n) is 2.45. The van der Waals surface area contributed by atoms with E-state index in [0.717, 1.165) is 42.6 Å². The molecule has 1 amide bonds. The monoisotopic (exact) mass is 232 g/mol. The maximum Gasteiger partial charge on any atom is 0.248 e. The Bertz CT molecular complexity index is 428. The zero-order chi connectivity index (χ0) is 12.4. The Hall–Kier alpha value is -1.35. The van der Waals surface area contributed by atoms with Crippen molar-refractivity contribution in [1.29, 1.82) is 0 Å². The number of hydrogen-bond donors (Lipinski definition) is 1. The SMILES string of the molecule is CCCCCN1C(=O)C(N)c2cccc(C)c21. The van der Waals surface area contributed by atoms with Gasteiger partial charge in [-0.2, -0.15) is 0 Å². The predicted octanol–water partition coefficient (Wildman–Crippen LogP) is 2.53. The summed E-state index contributed by atoms with van der Waals surface area (Å²) in [7, 11) is 0. The molecule has 1 heterocycles. The van der Waals surface area contributed by atoms with Crippen molar-refractivity contribution < 1.29 is 4.79 Å². The summed E-state index contributed by atoms with van der Waals surface area (Å²) in [5.74, 6) is 0.0467. The Morgan fingerprint density at radius 2 is 2.12 bits per heavy atom. The van der Waals surface area contributed by atoms with E-state index in [9.17, 15) is 4.79 Å². The highest BCUT2D eigenvalue weighted by Gasteiger charge is 2.35. The first-order valence-electron chi connectivity index (χ1n) is 6.33. The van der Waals surface area contributed by atoms with Gasteiger partial charge in [-0.05, 0) is 18.9 Å². The number of amides is 1. The van der Waals surface area contributed by atoms with Crippen molar-refractivity contribution in [3.05, 3.63) is 29.3 Å². The molecule has 2 N–H and O–H groups in total. The summed E-state index contributed by atoms with van der Waals surface area (Å²) in [6, 6.07) is 5.50. The highest BCUT2D eigenvalue weighted by molar-refractivity contribution is 6.05. The lowest BCUT2D eigenvalue weighted by Gasteiger charge is -2.19. The Kier molecular flexibility index (Phi) is 3.48. The zero-order valence-corrected chi connectivity index (χ0v) is 10.6. The van der Waals surface area contributed by atoms with Gasteiger partial charge in [-0.25, -0.2) is 0 Å². The molecule has 0 fully saturated rings. The van der Waals surface area contributed by atoms with Gasteiger partial charge in [-0.1, -0.05) is 38.0 Å². The Balaban J connectivity index is 2.27. The van der Waals surface area contributed by atoms with Gasteiger partial charge in [0.15, 0.2) is 0 Å². The highest BCUT2D eigenvalue weighted by atomic mass is 16.2. The first-order chi connectivity index (χ1) is 8.16. The van der Waals surface area contributed by atoms with E-state index in [1.807, 2.05) is 30.0 Å². The molecule has 2 rings (SSSR count). The molecular formula is C14H20N2O. The number of anilines is 1. The summed E-state index contributed by atoms with van der Waals surface area (Å²) >= 11 is 0. The van der Waals surface area contributed by atoms with Crippen LogP contribution in [0.4, 0.5) is 5.69 Å². The van der Waals surface area contributed by atoms with E-state index in [1.54, 1.807) is 0 Å². The smallest absolute Gasteiger partial charge is 0.248 e. The van der Waals surface area contributed by atoms with Gasteiger partial charge in [0.05, 0.1) is 5.69 Å². The molecule has 1 aliphatic heterocycles. The second-order valence-electron chi connectivity index (χ2n) is 4.69. The summed E-state index contributed by atoms with van der Waals surface area (Å²) in [5.41, 5.74) is 9.12. The molecule has 1 aromatic carbocycles. The van der Waals surface area contributed by atoms with Crippen LogP contribution >= 0.6 is 0 Å². The van der Waals surface area contributed by atoms with Gasteiger partial charge in [0.1, 0.15) is 6.04 Å². The van der Waals surface area contributed by atoms with Gasteiger partial charge in [0.25, 0.3) is 0 Å². The molecule has 92 valence electrons. The molecule has 1 atom stereocenters. The van der Waals surface area contributed by atoms with Gasteiger partial charge < -0.3 is 10.6 Å². The number of hydrogen-bond acceptors (Lipinski definition) is 2. The van der Waals surface area contributed by atoms with Crippen LogP contribution in [0.3, 0.4) is 0 Å². The van der Waals surface area contributed by atoms with E-state index in [0.29, 0.717) is 0 Å². The third-order valence-corrected chi connectivity index (χ3v) is 3.39. The van der Waals surface area contributed by atoms with Crippen LogP contribution in [0, 0.1) is 6.92 Å². The van der Waals surface area contributed by atoms with E-state index in [-0.39, 0.29) is 5.91 Å². The zero-order valence-electron chi connectivity index (χ0n) is 10.6. The number of unbranched alkanes of at least 4 members (excludes halogenated alkanes) is 2. The predicted molar refractivity (Wildman–Crippen MR) is 70.0 cm³/mol. The minimum Gasteiger partial charge on any atom is -0.316 e. The van der Waals surface area contributed by atoms with Crippen molar-refractivity contribution in [3.8, 4) is 0 Å². The average Bonchev–Trinajstić information content (AvgIpc) is 2.56. The third-order valence-electron chi connectivity index (χ3n) is 3.39. The van der Waals surface area contributed by atoms with Gasteiger partial charge >= 0.3 is 0 Å². The van der Waals surface area contributed by atoms with Crippen LogP contribution in [0.1, 0.15) is 43.4 Å². The first-order valence-corrected chi connectivity index (χ1v) is 6.33. The Morgan fingerprint density at radius 3 is 2.82 bits per heavy atom. The number of rotatable bonds is 4. The number of nitrogens with two attached hydrogens (primary N) is 1. The molecule has 0 saturated heterocycles. The van der Waals surface area contributed by atoms with Crippen molar-refractivity contribution in [3.63, 3.8) is 0 Å².